The Morgan fingerprint density at radius 3 is 2.24 bits per heavy atom. The number of rotatable bonds is 10. The van der Waals surface area contributed by atoms with Gasteiger partial charge in [0.05, 0.1) is 6.04 Å². The van der Waals surface area contributed by atoms with Gasteiger partial charge in [-0.2, -0.15) is 11.3 Å². The van der Waals surface area contributed by atoms with Gasteiger partial charge in [0, 0.05) is 12.1 Å². The Kier molecular flexibility index (Phi) is 8.86. The highest BCUT2D eigenvalue weighted by molar-refractivity contribution is 7.07. The SMILES string of the molecule is CCN(CC)C(CNC(=O)C(NC(=O)c1ccc(C)cc1)C(C)C)c1ccsc1. The molecule has 0 aliphatic carbocycles. The summed E-state index contributed by atoms with van der Waals surface area (Å²) in [5, 5.41) is 10.2. The first-order valence-corrected chi connectivity index (χ1v) is 11.2. The summed E-state index contributed by atoms with van der Waals surface area (Å²) in [5.74, 6) is -0.387. The third kappa shape index (κ3) is 6.41. The molecule has 6 heteroatoms. The lowest BCUT2D eigenvalue weighted by atomic mass is 10.0. The van der Waals surface area contributed by atoms with Gasteiger partial charge in [-0.05, 0) is 60.5 Å². The highest BCUT2D eigenvalue weighted by atomic mass is 32.1. The summed E-state index contributed by atoms with van der Waals surface area (Å²) in [4.78, 5) is 27.9. The van der Waals surface area contributed by atoms with Gasteiger partial charge in [0.1, 0.15) is 6.04 Å². The molecular formula is C23H33N3O2S. The fourth-order valence-corrected chi connectivity index (χ4v) is 4.07. The monoisotopic (exact) mass is 415 g/mol. The lowest BCUT2D eigenvalue weighted by Gasteiger charge is -2.30. The van der Waals surface area contributed by atoms with Crippen molar-refractivity contribution >= 4 is 23.2 Å². The quantitative estimate of drug-likeness (QED) is 0.616. The number of nitrogens with one attached hydrogen (secondary N) is 2. The van der Waals surface area contributed by atoms with Crippen molar-refractivity contribution < 1.29 is 9.59 Å². The van der Waals surface area contributed by atoms with Crippen LogP contribution in [0.2, 0.25) is 0 Å². The van der Waals surface area contributed by atoms with E-state index in [0.29, 0.717) is 12.1 Å². The van der Waals surface area contributed by atoms with E-state index in [2.05, 4.69) is 46.2 Å². The van der Waals surface area contributed by atoms with Gasteiger partial charge >= 0.3 is 0 Å². The summed E-state index contributed by atoms with van der Waals surface area (Å²) in [6.07, 6.45) is 0. The van der Waals surface area contributed by atoms with E-state index in [4.69, 9.17) is 0 Å². The molecule has 0 fully saturated rings. The number of likely N-dealkylation sites (N-methyl/N-ethyl adjacent to an activating group) is 1. The molecule has 1 heterocycles. The van der Waals surface area contributed by atoms with E-state index < -0.39 is 6.04 Å². The molecule has 0 saturated carbocycles. The maximum absolute atomic E-state index is 12.9. The molecule has 2 N–H and O–H groups in total. The molecule has 0 aliphatic heterocycles. The summed E-state index contributed by atoms with van der Waals surface area (Å²) >= 11 is 1.66. The first-order valence-electron chi connectivity index (χ1n) is 10.3. The maximum Gasteiger partial charge on any atom is 0.251 e. The second kappa shape index (κ2) is 11.1. The van der Waals surface area contributed by atoms with Crippen LogP contribution < -0.4 is 10.6 Å². The zero-order valence-corrected chi connectivity index (χ0v) is 18.9. The Morgan fingerprint density at radius 1 is 1.07 bits per heavy atom. The van der Waals surface area contributed by atoms with Crippen LogP contribution in [0.15, 0.2) is 41.1 Å². The largest absolute Gasteiger partial charge is 0.352 e. The van der Waals surface area contributed by atoms with Crippen molar-refractivity contribution in [1.82, 2.24) is 15.5 Å². The lowest BCUT2D eigenvalue weighted by Crippen LogP contribution is -2.51. The van der Waals surface area contributed by atoms with Crippen molar-refractivity contribution in [2.75, 3.05) is 19.6 Å². The van der Waals surface area contributed by atoms with E-state index in [1.54, 1.807) is 23.5 Å². The summed E-state index contributed by atoms with van der Waals surface area (Å²) in [5.41, 5.74) is 2.87. The second-order valence-corrected chi connectivity index (χ2v) is 8.38. The minimum Gasteiger partial charge on any atom is -0.352 e. The van der Waals surface area contributed by atoms with E-state index in [1.165, 1.54) is 5.56 Å². The number of hydrogen-bond donors (Lipinski definition) is 2. The zero-order chi connectivity index (χ0) is 21.4. The number of thiophene rings is 1. The Labute approximate surface area is 178 Å². The fraction of sp³-hybridized carbons (Fsp3) is 0.478. The highest BCUT2D eigenvalue weighted by Crippen LogP contribution is 2.22. The minimum absolute atomic E-state index is 0.0163. The highest BCUT2D eigenvalue weighted by Gasteiger charge is 2.26. The number of carbonyl (C=O) groups excluding carboxylic acids is 2. The third-order valence-electron chi connectivity index (χ3n) is 5.20. The van der Waals surface area contributed by atoms with Crippen molar-refractivity contribution in [2.45, 2.75) is 46.7 Å². The molecule has 29 heavy (non-hydrogen) atoms. The summed E-state index contributed by atoms with van der Waals surface area (Å²) in [7, 11) is 0. The first-order chi connectivity index (χ1) is 13.9. The van der Waals surface area contributed by atoms with E-state index >= 15 is 0 Å². The van der Waals surface area contributed by atoms with Crippen molar-refractivity contribution in [1.29, 1.82) is 0 Å². The molecule has 0 bridgehead atoms. The first kappa shape index (κ1) is 23.1. The van der Waals surface area contributed by atoms with Gasteiger partial charge in [-0.3, -0.25) is 14.5 Å². The number of benzene rings is 1. The topological polar surface area (TPSA) is 61.4 Å². The molecule has 2 unspecified atom stereocenters. The van der Waals surface area contributed by atoms with Crippen LogP contribution in [0.3, 0.4) is 0 Å². The van der Waals surface area contributed by atoms with Gasteiger partial charge in [0.15, 0.2) is 0 Å². The molecule has 5 nitrogen and oxygen atoms in total. The van der Waals surface area contributed by atoms with Crippen LogP contribution >= 0.6 is 11.3 Å². The van der Waals surface area contributed by atoms with Crippen LogP contribution in [0.1, 0.15) is 55.2 Å². The van der Waals surface area contributed by atoms with Crippen LogP contribution in [-0.4, -0.2) is 42.4 Å². The van der Waals surface area contributed by atoms with Crippen molar-refractivity contribution in [2.24, 2.45) is 5.92 Å². The Morgan fingerprint density at radius 2 is 1.72 bits per heavy atom. The Bertz CT molecular complexity index is 768. The van der Waals surface area contributed by atoms with Crippen molar-refractivity contribution in [3.8, 4) is 0 Å². The van der Waals surface area contributed by atoms with Gasteiger partial charge in [0.25, 0.3) is 5.91 Å². The predicted octanol–water partition coefficient (Wildman–Crippen LogP) is 4.01. The van der Waals surface area contributed by atoms with Gasteiger partial charge in [-0.15, -0.1) is 0 Å². The summed E-state index contributed by atoms with van der Waals surface area (Å²) in [6, 6.07) is 9.02. The maximum atomic E-state index is 12.9. The number of carbonyl (C=O) groups is 2. The number of hydrogen-bond acceptors (Lipinski definition) is 4. The van der Waals surface area contributed by atoms with Gasteiger partial charge in [0.2, 0.25) is 5.91 Å². The standard InChI is InChI=1S/C23H33N3O2S/c1-6-26(7-2)20(19-12-13-29-15-19)14-24-23(28)21(16(3)4)25-22(27)18-10-8-17(5)9-11-18/h8-13,15-16,20-21H,6-7,14H2,1-5H3,(H,24,28)(H,25,27). The minimum atomic E-state index is -0.580. The molecule has 158 valence electrons. The van der Waals surface area contributed by atoms with Crippen LogP contribution in [0.5, 0.6) is 0 Å². The van der Waals surface area contributed by atoms with E-state index in [0.717, 1.165) is 18.7 Å². The van der Waals surface area contributed by atoms with Crippen LogP contribution in [0, 0.1) is 12.8 Å². The number of nitrogens with zero attached hydrogens (tertiary/aromatic N) is 1. The van der Waals surface area contributed by atoms with E-state index in [1.807, 2.05) is 32.9 Å². The van der Waals surface area contributed by atoms with E-state index in [9.17, 15) is 9.59 Å². The average molecular weight is 416 g/mol. The van der Waals surface area contributed by atoms with Gasteiger partial charge in [-0.25, -0.2) is 0 Å². The lowest BCUT2D eigenvalue weighted by molar-refractivity contribution is -0.124. The Hall–Kier alpha value is -2.18. The molecular weight excluding hydrogens is 382 g/mol. The molecule has 0 radical (unpaired) electrons. The van der Waals surface area contributed by atoms with E-state index in [-0.39, 0.29) is 23.8 Å². The smallest absolute Gasteiger partial charge is 0.251 e. The number of amides is 2. The average Bonchev–Trinajstić information content (AvgIpc) is 3.23. The third-order valence-corrected chi connectivity index (χ3v) is 5.90. The molecule has 0 aliphatic rings. The normalized spacial score (nSPS) is 13.3. The summed E-state index contributed by atoms with van der Waals surface area (Å²) in [6.45, 7) is 12.5. The molecule has 2 aromatic rings. The van der Waals surface area contributed by atoms with Crippen molar-refractivity contribution in [3.63, 3.8) is 0 Å². The van der Waals surface area contributed by atoms with Crippen molar-refractivity contribution in [3.05, 3.63) is 57.8 Å². The zero-order valence-electron chi connectivity index (χ0n) is 18.1. The van der Waals surface area contributed by atoms with Crippen LogP contribution in [0.4, 0.5) is 0 Å². The number of aryl methyl sites for hydroxylation is 1. The fourth-order valence-electron chi connectivity index (χ4n) is 3.36. The molecule has 0 spiro atoms. The molecule has 1 aromatic carbocycles. The molecule has 2 rings (SSSR count). The second-order valence-electron chi connectivity index (χ2n) is 7.60. The van der Waals surface area contributed by atoms with Crippen LogP contribution in [0.25, 0.3) is 0 Å². The van der Waals surface area contributed by atoms with Gasteiger partial charge in [-0.1, -0.05) is 45.4 Å². The molecule has 2 amide bonds. The molecule has 0 saturated heterocycles. The Balaban J connectivity index is 2.06. The van der Waals surface area contributed by atoms with Crippen LogP contribution in [-0.2, 0) is 4.79 Å². The summed E-state index contributed by atoms with van der Waals surface area (Å²) < 4.78 is 0. The van der Waals surface area contributed by atoms with Gasteiger partial charge < -0.3 is 10.6 Å². The molecule has 2 atom stereocenters. The molecule has 1 aromatic heterocycles. The predicted molar refractivity (Wildman–Crippen MR) is 120 cm³/mol.